The van der Waals surface area contributed by atoms with E-state index >= 15 is 0 Å². The highest BCUT2D eigenvalue weighted by Crippen LogP contribution is 2.31. The van der Waals surface area contributed by atoms with E-state index in [2.05, 4.69) is 10.6 Å². The molecule has 0 bridgehead atoms. The molecule has 146 valence electrons. The first kappa shape index (κ1) is 19.6. The van der Waals surface area contributed by atoms with E-state index in [9.17, 15) is 19.5 Å². The molecule has 0 aliphatic heterocycles. The zero-order valence-corrected chi connectivity index (χ0v) is 15.7. The van der Waals surface area contributed by atoms with E-state index in [1.54, 1.807) is 24.3 Å². The van der Waals surface area contributed by atoms with Gasteiger partial charge in [0, 0.05) is 34.7 Å². The normalized spacial score (nSPS) is 18.9. The minimum Gasteiger partial charge on any atom is -0.550 e. The second-order valence-electron chi connectivity index (χ2n) is 7.16. The molecule has 2 atom stereocenters. The SMILES string of the molecule is Cc1ccccc1NC(=O)c1cccc(NC(=O)[C@H]2CCCC[C@H]2C(=O)[O-])c1. The van der Waals surface area contributed by atoms with Crippen molar-refractivity contribution in [1.82, 2.24) is 0 Å². The maximum atomic E-state index is 12.6. The van der Waals surface area contributed by atoms with Gasteiger partial charge in [-0.25, -0.2) is 0 Å². The Labute approximate surface area is 164 Å². The molecule has 1 fully saturated rings. The summed E-state index contributed by atoms with van der Waals surface area (Å²) in [7, 11) is 0. The van der Waals surface area contributed by atoms with Crippen molar-refractivity contribution in [1.29, 1.82) is 0 Å². The molecule has 0 heterocycles. The molecule has 1 saturated carbocycles. The molecular weight excluding hydrogens is 356 g/mol. The summed E-state index contributed by atoms with van der Waals surface area (Å²) in [5.74, 6) is -3.17. The van der Waals surface area contributed by atoms with Crippen LogP contribution in [0.2, 0.25) is 0 Å². The number of carboxylic acid groups (broad SMARTS) is 1. The number of carbonyl (C=O) groups is 3. The Morgan fingerprint density at radius 2 is 1.64 bits per heavy atom. The van der Waals surface area contributed by atoms with Gasteiger partial charge in [0.15, 0.2) is 0 Å². The van der Waals surface area contributed by atoms with Gasteiger partial charge >= 0.3 is 0 Å². The first-order valence-corrected chi connectivity index (χ1v) is 9.44. The molecule has 6 nitrogen and oxygen atoms in total. The second kappa shape index (κ2) is 8.69. The summed E-state index contributed by atoms with van der Waals surface area (Å²) in [6.07, 6.45) is 2.59. The lowest BCUT2D eigenvalue weighted by Gasteiger charge is -2.31. The smallest absolute Gasteiger partial charge is 0.255 e. The number of aryl methyl sites for hydroxylation is 1. The molecular formula is C22H23N2O4-. The van der Waals surface area contributed by atoms with E-state index in [1.165, 1.54) is 0 Å². The molecule has 0 aromatic heterocycles. The van der Waals surface area contributed by atoms with Crippen LogP contribution in [0.5, 0.6) is 0 Å². The fraction of sp³-hybridized carbons (Fsp3) is 0.318. The number of aliphatic carboxylic acids is 1. The van der Waals surface area contributed by atoms with Gasteiger partial charge in [-0.15, -0.1) is 0 Å². The van der Waals surface area contributed by atoms with Crippen molar-refractivity contribution in [3.05, 3.63) is 59.7 Å². The first-order chi connectivity index (χ1) is 13.5. The summed E-state index contributed by atoms with van der Waals surface area (Å²) in [5.41, 5.74) is 2.54. The number of hydrogen-bond acceptors (Lipinski definition) is 4. The van der Waals surface area contributed by atoms with Crippen molar-refractivity contribution in [3.63, 3.8) is 0 Å². The largest absolute Gasteiger partial charge is 0.550 e. The van der Waals surface area contributed by atoms with Crippen LogP contribution >= 0.6 is 0 Å². The molecule has 6 heteroatoms. The molecule has 1 aliphatic carbocycles. The number of carboxylic acids is 1. The van der Waals surface area contributed by atoms with Crippen molar-refractivity contribution in [2.24, 2.45) is 11.8 Å². The van der Waals surface area contributed by atoms with Crippen molar-refractivity contribution in [3.8, 4) is 0 Å². The van der Waals surface area contributed by atoms with Crippen LogP contribution < -0.4 is 15.7 Å². The summed E-state index contributed by atoms with van der Waals surface area (Å²) < 4.78 is 0. The number of nitrogens with one attached hydrogen (secondary N) is 2. The quantitative estimate of drug-likeness (QED) is 0.834. The molecule has 2 N–H and O–H groups in total. The Bertz CT molecular complexity index is 894. The lowest BCUT2D eigenvalue weighted by atomic mass is 9.78. The van der Waals surface area contributed by atoms with Gasteiger partial charge in [-0.05, 0) is 49.6 Å². The fourth-order valence-corrected chi connectivity index (χ4v) is 3.61. The lowest BCUT2D eigenvalue weighted by Crippen LogP contribution is -2.42. The number of hydrogen-bond donors (Lipinski definition) is 2. The summed E-state index contributed by atoms with van der Waals surface area (Å²) in [5, 5.41) is 16.9. The Kier molecular flexibility index (Phi) is 6.09. The van der Waals surface area contributed by atoms with Crippen LogP contribution in [0.1, 0.15) is 41.6 Å². The number of carbonyl (C=O) groups excluding carboxylic acids is 3. The van der Waals surface area contributed by atoms with E-state index < -0.39 is 17.8 Å². The average molecular weight is 379 g/mol. The topological polar surface area (TPSA) is 98.3 Å². The number of anilines is 2. The van der Waals surface area contributed by atoms with Crippen LogP contribution in [0.15, 0.2) is 48.5 Å². The summed E-state index contributed by atoms with van der Waals surface area (Å²) >= 11 is 0. The van der Waals surface area contributed by atoms with Crippen LogP contribution in [0.4, 0.5) is 11.4 Å². The molecule has 2 aromatic carbocycles. The zero-order valence-electron chi connectivity index (χ0n) is 15.7. The Hall–Kier alpha value is -3.15. The predicted molar refractivity (Wildman–Crippen MR) is 105 cm³/mol. The summed E-state index contributed by atoms with van der Waals surface area (Å²) in [6, 6.07) is 14.1. The average Bonchev–Trinajstić information content (AvgIpc) is 2.70. The van der Waals surface area contributed by atoms with E-state index in [0.29, 0.717) is 24.1 Å². The van der Waals surface area contributed by atoms with E-state index in [0.717, 1.165) is 24.1 Å². The molecule has 2 aromatic rings. The van der Waals surface area contributed by atoms with Gasteiger partial charge < -0.3 is 20.5 Å². The van der Waals surface area contributed by atoms with Gasteiger partial charge in [-0.3, -0.25) is 9.59 Å². The van der Waals surface area contributed by atoms with Gasteiger partial charge in [0.1, 0.15) is 0 Å². The predicted octanol–water partition coefficient (Wildman–Crippen LogP) is 2.74. The fourth-order valence-electron chi connectivity index (χ4n) is 3.61. The van der Waals surface area contributed by atoms with E-state index in [4.69, 9.17) is 0 Å². The summed E-state index contributed by atoms with van der Waals surface area (Å²) in [6.45, 7) is 1.91. The highest BCUT2D eigenvalue weighted by Gasteiger charge is 2.31. The third-order valence-corrected chi connectivity index (χ3v) is 5.19. The highest BCUT2D eigenvalue weighted by molar-refractivity contribution is 6.05. The van der Waals surface area contributed by atoms with Gasteiger partial charge in [0.2, 0.25) is 5.91 Å². The van der Waals surface area contributed by atoms with Gasteiger partial charge in [0.05, 0.1) is 0 Å². The van der Waals surface area contributed by atoms with Crippen LogP contribution in [0.3, 0.4) is 0 Å². The molecule has 2 amide bonds. The van der Waals surface area contributed by atoms with Gasteiger partial charge in [-0.2, -0.15) is 0 Å². The standard InChI is InChI=1S/C22H24N2O4/c1-14-7-2-5-12-19(14)24-20(25)15-8-6-9-16(13-15)23-21(26)17-10-3-4-11-18(17)22(27)28/h2,5-9,12-13,17-18H,3-4,10-11H2,1H3,(H,23,26)(H,24,25)(H,27,28)/p-1/t17-,18+/m0/s1. The Morgan fingerprint density at radius 3 is 2.36 bits per heavy atom. The van der Waals surface area contributed by atoms with E-state index in [-0.39, 0.29) is 11.8 Å². The highest BCUT2D eigenvalue weighted by atomic mass is 16.4. The number of rotatable bonds is 5. The van der Waals surface area contributed by atoms with Crippen LogP contribution in [-0.4, -0.2) is 17.8 Å². The maximum Gasteiger partial charge on any atom is 0.255 e. The van der Waals surface area contributed by atoms with E-state index in [1.807, 2.05) is 31.2 Å². The monoisotopic (exact) mass is 379 g/mol. The van der Waals surface area contributed by atoms with Gasteiger partial charge in [-0.1, -0.05) is 37.1 Å². The molecule has 0 radical (unpaired) electrons. The third kappa shape index (κ3) is 4.57. The molecule has 28 heavy (non-hydrogen) atoms. The van der Waals surface area contributed by atoms with Crippen LogP contribution in [0.25, 0.3) is 0 Å². The Balaban J connectivity index is 1.70. The molecule has 0 spiro atoms. The van der Waals surface area contributed by atoms with Crippen molar-refractivity contribution in [2.75, 3.05) is 10.6 Å². The minimum atomic E-state index is -1.17. The third-order valence-electron chi connectivity index (χ3n) is 5.19. The summed E-state index contributed by atoms with van der Waals surface area (Å²) in [4.78, 5) is 36.5. The van der Waals surface area contributed by atoms with Gasteiger partial charge in [0.25, 0.3) is 5.91 Å². The number of benzene rings is 2. The molecule has 0 saturated heterocycles. The van der Waals surface area contributed by atoms with Crippen LogP contribution in [0, 0.1) is 18.8 Å². The van der Waals surface area contributed by atoms with Crippen molar-refractivity contribution >= 4 is 29.2 Å². The number of para-hydroxylation sites is 1. The van der Waals surface area contributed by atoms with Crippen molar-refractivity contribution < 1.29 is 19.5 Å². The van der Waals surface area contributed by atoms with Crippen molar-refractivity contribution in [2.45, 2.75) is 32.6 Å². The molecule has 3 rings (SSSR count). The Morgan fingerprint density at radius 1 is 0.929 bits per heavy atom. The number of amides is 2. The minimum absolute atomic E-state index is 0.282. The first-order valence-electron chi connectivity index (χ1n) is 9.44. The zero-order chi connectivity index (χ0) is 20.1. The molecule has 1 aliphatic rings. The van der Waals surface area contributed by atoms with Crippen LogP contribution in [-0.2, 0) is 9.59 Å². The lowest BCUT2D eigenvalue weighted by molar-refractivity contribution is -0.313. The molecule has 0 unspecified atom stereocenters. The maximum absolute atomic E-state index is 12.6. The second-order valence-corrected chi connectivity index (χ2v) is 7.16.